The molecule has 2 aromatic carbocycles. The predicted molar refractivity (Wildman–Crippen MR) is 104 cm³/mol. The van der Waals surface area contributed by atoms with Crippen LogP contribution in [0.2, 0.25) is 0 Å². The van der Waals surface area contributed by atoms with E-state index in [-0.39, 0.29) is 23.3 Å². The number of nitro groups is 1. The van der Waals surface area contributed by atoms with Crippen LogP contribution in [0, 0.1) is 10.1 Å². The zero-order chi connectivity index (χ0) is 20.3. The van der Waals surface area contributed by atoms with Gasteiger partial charge in [0.2, 0.25) is 0 Å². The number of anilines is 1. The zero-order valence-electron chi connectivity index (χ0n) is 15.4. The van der Waals surface area contributed by atoms with Gasteiger partial charge in [-0.3, -0.25) is 24.8 Å². The van der Waals surface area contributed by atoms with Crippen LogP contribution >= 0.6 is 0 Å². The highest BCUT2D eigenvalue weighted by molar-refractivity contribution is 6.13. The number of nitrogens with zero attached hydrogens (tertiary/aromatic N) is 2. The Morgan fingerprint density at radius 3 is 2.68 bits per heavy atom. The Morgan fingerprint density at radius 2 is 1.96 bits per heavy atom. The first-order valence-corrected chi connectivity index (χ1v) is 8.74. The molecule has 1 aromatic heterocycles. The second-order valence-corrected chi connectivity index (χ2v) is 6.34. The van der Waals surface area contributed by atoms with Crippen molar-refractivity contribution in [2.45, 2.75) is 26.3 Å². The number of amides is 2. The Bertz CT molecular complexity index is 1060. The lowest BCUT2D eigenvalue weighted by Crippen LogP contribution is -2.32. The molecule has 144 valence electrons. The van der Waals surface area contributed by atoms with Gasteiger partial charge in [-0.25, -0.2) is 0 Å². The van der Waals surface area contributed by atoms with E-state index in [0.29, 0.717) is 22.2 Å². The molecule has 1 unspecified atom stereocenters. The SMILES string of the molecule is CCC(C)NC(=O)c1ccccc1NC(=O)c1n[nH]c2ccc([N+](=O)[O-])cc12. The van der Waals surface area contributed by atoms with Crippen LogP contribution in [-0.4, -0.2) is 33.0 Å². The number of rotatable bonds is 6. The Labute approximate surface area is 160 Å². The van der Waals surface area contributed by atoms with E-state index >= 15 is 0 Å². The number of aromatic amines is 1. The quantitative estimate of drug-likeness (QED) is 0.446. The number of carbonyl (C=O) groups is 2. The molecule has 3 aromatic rings. The molecule has 9 nitrogen and oxygen atoms in total. The normalized spacial score (nSPS) is 11.8. The van der Waals surface area contributed by atoms with Crippen LogP contribution in [0.25, 0.3) is 10.9 Å². The van der Waals surface area contributed by atoms with E-state index in [9.17, 15) is 19.7 Å². The van der Waals surface area contributed by atoms with Crippen LogP contribution in [-0.2, 0) is 0 Å². The minimum Gasteiger partial charge on any atom is -0.350 e. The largest absolute Gasteiger partial charge is 0.350 e. The van der Waals surface area contributed by atoms with Crippen LogP contribution in [0.5, 0.6) is 0 Å². The molecular weight excluding hydrogens is 362 g/mol. The van der Waals surface area contributed by atoms with Gasteiger partial charge in [-0.2, -0.15) is 5.10 Å². The number of benzene rings is 2. The summed E-state index contributed by atoms with van der Waals surface area (Å²) in [6.45, 7) is 3.85. The number of fused-ring (bicyclic) bond motifs is 1. The molecule has 0 fully saturated rings. The Morgan fingerprint density at radius 1 is 1.21 bits per heavy atom. The van der Waals surface area contributed by atoms with Crippen molar-refractivity contribution in [2.75, 3.05) is 5.32 Å². The standard InChI is InChI=1S/C19H19N5O4/c1-3-11(2)20-18(25)13-6-4-5-7-15(13)21-19(26)17-14-10-12(24(27)28)8-9-16(14)22-23-17/h4-11H,3H2,1-2H3,(H,20,25)(H,21,26)(H,22,23). The van der Waals surface area contributed by atoms with Crippen molar-refractivity contribution in [1.29, 1.82) is 0 Å². The van der Waals surface area contributed by atoms with Crippen LogP contribution in [0.15, 0.2) is 42.5 Å². The first-order chi connectivity index (χ1) is 13.4. The smallest absolute Gasteiger partial charge is 0.276 e. The van der Waals surface area contributed by atoms with E-state index in [1.165, 1.54) is 18.2 Å². The van der Waals surface area contributed by atoms with E-state index in [4.69, 9.17) is 0 Å². The molecule has 3 rings (SSSR count). The summed E-state index contributed by atoms with van der Waals surface area (Å²) in [5.41, 5.74) is 1.02. The van der Waals surface area contributed by atoms with Crippen molar-refractivity contribution in [3.05, 3.63) is 63.8 Å². The molecule has 1 heterocycles. The van der Waals surface area contributed by atoms with E-state index in [1.807, 2.05) is 13.8 Å². The minimum atomic E-state index is -0.574. The van der Waals surface area contributed by atoms with Crippen molar-refractivity contribution >= 4 is 34.1 Å². The number of carbonyl (C=O) groups excluding carboxylic acids is 2. The summed E-state index contributed by atoms with van der Waals surface area (Å²) in [5, 5.41) is 23.5. The summed E-state index contributed by atoms with van der Waals surface area (Å²) >= 11 is 0. The van der Waals surface area contributed by atoms with Crippen LogP contribution < -0.4 is 10.6 Å². The third kappa shape index (κ3) is 3.83. The molecule has 0 radical (unpaired) electrons. The molecule has 0 aliphatic rings. The number of hydrogen-bond acceptors (Lipinski definition) is 5. The van der Waals surface area contributed by atoms with Gasteiger partial charge in [-0.05, 0) is 31.5 Å². The molecular formula is C19H19N5O4. The monoisotopic (exact) mass is 381 g/mol. The second-order valence-electron chi connectivity index (χ2n) is 6.34. The van der Waals surface area contributed by atoms with E-state index in [2.05, 4.69) is 20.8 Å². The molecule has 2 amide bonds. The molecule has 1 atom stereocenters. The van der Waals surface area contributed by atoms with Gasteiger partial charge < -0.3 is 10.6 Å². The fourth-order valence-electron chi connectivity index (χ4n) is 2.66. The summed E-state index contributed by atoms with van der Waals surface area (Å²) in [4.78, 5) is 35.7. The number of para-hydroxylation sites is 1. The molecule has 0 bridgehead atoms. The van der Waals surface area contributed by atoms with Crippen molar-refractivity contribution in [2.24, 2.45) is 0 Å². The number of nitro benzene ring substituents is 1. The van der Waals surface area contributed by atoms with Crippen molar-refractivity contribution in [3.63, 3.8) is 0 Å². The molecule has 28 heavy (non-hydrogen) atoms. The van der Waals surface area contributed by atoms with Crippen molar-refractivity contribution < 1.29 is 14.5 Å². The van der Waals surface area contributed by atoms with Gasteiger partial charge in [0.15, 0.2) is 5.69 Å². The number of nitrogens with one attached hydrogen (secondary N) is 3. The van der Waals surface area contributed by atoms with E-state index < -0.39 is 10.8 Å². The number of H-pyrrole nitrogens is 1. The maximum atomic E-state index is 12.7. The highest BCUT2D eigenvalue weighted by Gasteiger charge is 2.20. The fourth-order valence-corrected chi connectivity index (χ4v) is 2.66. The maximum absolute atomic E-state index is 12.7. The fraction of sp³-hybridized carbons (Fsp3) is 0.211. The van der Waals surface area contributed by atoms with Gasteiger partial charge in [0, 0.05) is 23.6 Å². The summed E-state index contributed by atoms with van der Waals surface area (Å²) in [7, 11) is 0. The Hall–Kier alpha value is -3.75. The Balaban J connectivity index is 1.90. The second kappa shape index (κ2) is 7.87. The lowest BCUT2D eigenvalue weighted by molar-refractivity contribution is -0.384. The van der Waals surface area contributed by atoms with Crippen LogP contribution in [0.1, 0.15) is 41.1 Å². The number of non-ortho nitro benzene ring substituents is 1. The van der Waals surface area contributed by atoms with Gasteiger partial charge in [0.25, 0.3) is 17.5 Å². The predicted octanol–water partition coefficient (Wildman–Crippen LogP) is 3.25. The summed E-state index contributed by atoms with van der Waals surface area (Å²) in [5.74, 6) is -0.872. The lowest BCUT2D eigenvalue weighted by atomic mass is 10.1. The molecule has 0 saturated heterocycles. The molecule has 0 saturated carbocycles. The summed E-state index contributed by atoms with van der Waals surface area (Å²) < 4.78 is 0. The van der Waals surface area contributed by atoms with E-state index in [0.717, 1.165) is 6.42 Å². The molecule has 0 aliphatic heterocycles. The number of hydrogen-bond donors (Lipinski definition) is 3. The zero-order valence-corrected chi connectivity index (χ0v) is 15.4. The lowest BCUT2D eigenvalue weighted by Gasteiger charge is -2.14. The summed E-state index contributed by atoms with van der Waals surface area (Å²) in [6, 6.07) is 10.7. The van der Waals surface area contributed by atoms with Gasteiger partial charge in [-0.15, -0.1) is 0 Å². The summed E-state index contributed by atoms with van der Waals surface area (Å²) in [6.07, 6.45) is 0.776. The third-order valence-corrected chi connectivity index (χ3v) is 4.38. The molecule has 3 N–H and O–H groups in total. The highest BCUT2D eigenvalue weighted by Crippen LogP contribution is 2.23. The average Bonchev–Trinajstić information content (AvgIpc) is 3.11. The van der Waals surface area contributed by atoms with Crippen LogP contribution in [0.3, 0.4) is 0 Å². The Kier molecular flexibility index (Phi) is 5.35. The third-order valence-electron chi connectivity index (χ3n) is 4.38. The molecule has 0 spiro atoms. The maximum Gasteiger partial charge on any atom is 0.276 e. The van der Waals surface area contributed by atoms with Crippen molar-refractivity contribution in [3.8, 4) is 0 Å². The van der Waals surface area contributed by atoms with Gasteiger partial charge in [0.1, 0.15) is 0 Å². The van der Waals surface area contributed by atoms with Crippen LogP contribution in [0.4, 0.5) is 11.4 Å². The molecule has 0 aliphatic carbocycles. The van der Waals surface area contributed by atoms with Crippen molar-refractivity contribution in [1.82, 2.24) is 15.5 Å². The van der Waals surface area contributed by atoms with Gasteiger partial charge in [0.05, 0.1) is 21.7 Å². The minimum absolute atomic E-state index is 0.00732. The average molecular weight is 381 g/mol. The number of aromatic nitrogens is 2. The first-order valence-electron chi connectivity index (χ1n) is 8.74. The topological polar surface area (TPSA) is 130 Å². The first kappa shape index (κ1) is 19.0. The molecule has 9 heteroatoms. The van der Waals surface area contributed by atoms with Gasteiger partial charge in [-0.1, -0.05) is 19.1 Å². The van der Waals surface area contributed by atoms with Gasteiger partial charge >= 0.3 is 0 Å². The van der Waals surface area contributed by atoms with E-state index in [1.54, 1.807) is 24.3 Å². The highest BCUT2D eigenvalue weighted by atomic mass is 16.6.